The van der Waals surface area contributed by atoms with Crippen LogP contribution in [0.2, 0.25) is 0 Å². The number of rotatable bonds is 6. The number of hydrogen-bond donors (Lipinski definition) is 2. The lowest BCUT2D eigenvalue weighted by Gasteiger charge is -2.16. The van der Waals surface area contributed by atoms with Crippen LogP contribution >= 0.6 is 0 Å². The van der Waals surface area contributed by atoms with E-state index in [4.69, 9.17) is 5.11 Å². The molecule has 0 bridgehead atoms. The number of aliphatic hydroxyl groups excluding tert-OH is 1. The van der Waals surface area contributed by atoms with Crippen LogP contribution in [0.25, 0.3) is 0 Å². The van der Waals surface area contributed by atoms with Gasteiger partial charge in [-0.05, 0) is 50.4 Å². The molecular weight excluding hydrogens is 214 g/mol. The van der Waals surface area contributed by atoms with Gasteiger partial charge >= 0.3 is 0 Å². The highest BCUT2D eigenvalue weighted by atomic mass is 16.3. The molecule has 3 nitrogen and oxygen atoms in total. The molecular formula is C14H23NO2. The molecule has 0 aromatic rings. The molecule has 0 atom stereocenters. The predicted molar refractivity (Wildman–Crippen MR) is 67.5 cm³/mol. The van der Waals surface area contributed by atoms with E-state index in [1.54, 1.807) is 0 Å². The molecule has 1 saturated carbocycles. The Morgan fingerprint density at radius 3 is 2.82 bits per heavy atom. The van der Waals surface area contributed by atoms with Crippen molar-refractivity contribution in [1.82, 2.24) is 5.32 Å². The Labute approximate surface area is 103 Å². The normalized spacial score (nSPS) is 21.8. The summed E-state index contributed by atoms with van der Waals surface area (Å²) in [5.41, 5.74) is 1.53. The maximum Gasteiger partial charge on any atom is 0.224 e. The summed E-state index contributed by atoms with van der Waals surface area (Å²) in [7, 11) is 0. The summed E-state index contributed by atoms with van der Waals surface area (Å²) in [5.74, 6) is 0.155. The molecule has 0 unspecified atom stereocenters. The molecule has 2 N–H and O–H groups in total. The van der Waals surface area contributed by atoms with E-state index in [0.29, 0.717) is 6.42 Å². The molecule has 0 heterocycles. The van der Waals surface area contributed by atoms with Crippen molar-refractivity contribution in [2.75, 3.05) is 13.2 Å². The standard InChI is InChI=1S/C14H23NO2/c16-9-8-14(6-7-14)11-15-13(17)10-12-4-2-1-3-5-12/h4,16H,1-3,5-11H2,(H,15,17). The molecule has 1 amide bonds. The Bertz CT molecular complexity index is 305. The number of amides is 1. The third-order valence-corrected chi connectivity index (χ3v) is 4.03. The van der Waals surface area contributed by atoms with E-state index in [1.807, 2.05) is 0 Å². The predicted octanol–water partition coefficient (Wildman–Crippen LogP) is 2.16. The van der Waals surface area contributed by atoms with Crippen molar-refractivity contribution in [2.24, 2.45) is 5.41 Å². The summed E-state index contributed by atoms with van der Waals surface area (Å²) in [6.45, 7) is 0.987. The molecule has 0 aromatic carbocycles. The molecule has 2 aliphatic rings. The molecule has 0 spiro atoms. The molecule has 0 saturated heterocycles. The molecule has 0 radical (unpaired) electrons. The first-order chi connectivity index (χ1) is 8.24. The molecule has 1 fully saturated rings. The zero-order valence-corrected chi connectivity index (χ0v) is 10.5. The second kappa shape index (κ2) is 5.67. The van der Waals surface area contributed by atoms with Gasteiger partial charge in [-0.15, -0.1) is 0 Å². The Morgan fingerprint density at radius 1 is 1.41 bits per heavy atom. The molecule has 17 heavy (non-hydrogen) atoms. The van der Waals surface area contributed by atoms with Crippen molar-refractivity contribution in [2.45, 2.75) is 51.4 Å². The first-order valence-corrected chi connectivity index (χ1v) is 6.80. The van der Waals surface area contributed by atoms with Crippen LogP contribution < -0.4 is 5.32 Å². The van der Waals surface area contributed by atoms with Crippen molar-refractivity contribution in [3.8, 4) is 0 Å². The van der Waals surface area contributed by atoms with Crippen LogP contribution in [-0.2, 0) is 4.79 Å². The summed E-state index contributed by atoms with van der Waals surface area (Å²) < 4.78 is 0. The molecule has 0 aliphatic heterocycles. The molecule has 2 aliphatic carbocycles. The third kappa shape index (κ3) is 3.84. The maximum atomic E-state index is 11.8. The first kappa shape index (κ1) is 12.6. The number of carbonyl (C=O) groups excluding carboxylic acids is 1. The number of aliphatic hydroxyl groups is 1. The van der Waals surface area contributed by atoms with Crippen molar-refractivity contribution >= 4 is 5.91 Å². The minimum absolute atomic E-state index is 0.155. The van der Waals surface area contributed by atoms with Crippen LogP contribution in [0.3, 0.4) is 0 Å². The average Bonchev–Trinajstić information content (AvgIpc) is 3.09. The van der Waals surface area contributed by atoms with Crippen LogP contribution in [0.5, 0.6) is 0 Å². The summed E-state index contributed by atoms with van der Waals surface area (Å²) in [4.78, 5) is 11.8. The van der Waals surface area contributed by atoms with Gasteiger partial charge in [0.2, 0.25) is 5.91 Å². The van der Waals surface area contributed by atoms with E-state index >= 15 is 0 Å². The largest absolute Gasteiger partial charge is 0.396 e. The lowest BCUT2D eigenvalue weighted by molar-refractivity contribution is -0.120. The van der Waals surface area contributed by atoms with Gasteiger partial charge in [0, 0.05) is 19.6 Å². The number of hydrogen-bond acceptors (Lipinski definition) is 2. The van der Waals surface area contributed by atoms with E-state index in [1.165, 1.54) is 18.4 Å². The molecule has 3 heteroatoms. The van der Waals surface area contributed by atoms with E-state index in [2.05, 4.69) is 11.4 Å². The fourth-order valence-electron chi connectivity index (χ4n) is 2.55. The minimum Gasteiger partial charge on any atom is -0.396 e. The highest BCUT2D eigenvalue weighted by molar-refractivity contribution is 5.78. The number of allylic oxidation sites excluding steroid dienone is 1. The van der Waals surface area contributed by atoms with Gasteiger partial charge in [-0.3, -0.25) is 4.79 Å². The van der Waals surface area contributed by atoms with Crippen molar-refractivity contribution in [3.63, 3.8) is 0 Å². The van der Waals surface area contributed by atoms with Gasteiger partial charge in [-0.25, -0.2) is 0 Å². The van der Waals surface area contributed by atoms with Crippen molar-refractivity contribution in [1.29, 1.82) is 0 Å². The summed E-state index contributed by atoms with van der Waals surface area (Å²) in [6, 6.07) is 0. The van der Waals surface area contributed by atoms with Gasteiger partial charge in [0.15, 0.2) is 0 Å². The second-order valence-electron chi connectivity index (χ2n) is 5.54. The highest BCUT2D eigenvalue weighted by Gasteiger charge is 2.41. The number of nitrogens with one attached hydrogen (secondary N) is 1. The molecule has 2 rings (SSSR count). The van der Waals surface area contributed by atoms with Crippen LogP contribution in [-0.4, -0.2) is 24.2 Å². The van der Waals surface area contributed by atoms with Gasteiger partial charge < -0.3 is 10.4 Å². The fourth-order valence-corrected chi connectivity index (χ4v) is 2.55. The monoisotopic (exact) mass is 237 g/mol. The first-order valence-electron chi connectivity index (χ1n) is 6.80. The van der Waals surface area contributed by atoms with E-state index in [0.717, 1.165) is 38.6 Å². The Kier molecular flexibility index (Phi) is 4.21. The van der Waals surface area contributed by atoms with Crippen molar-refractivity contribution < 1.29 is 9.90 Å². The van der Waals surface area contributed by atoms with Crippen LogP contribution in [0.15, 0.2) is 11.6 Å². The van der Waals surface area contributed by atoms with Gasteiger partial charge in [0.25, 0.3) is 0 Å². The Balaban J connectivity index is 1.69. The van der Waals surface area contributed by atoms with Gasteiger partial charge in [0.05, 0.1) is 0 Å². The molecule has 0 aromatic heterocycles. The van der Waals surface area contributed by atoms with Crippen molar-refractivity contribution in [3.05, 3.63) is 11.6 Å². The lowest BCUT2D eigenvalue weighted by atomic mass is 9.97. The van der Waals surface area contributed by atoms with Crippen LogP contribution in [0.1, 0.15) is 51.4 Å². The zero-order valence-electron chi connectivity index (χ0n) is 10.5. The zero-order chi connectivity index (χ0) is 12.1. The smallest absolute Gasteiger partial charge is 0.224 e. The van der Waals surface area contributed by atoms with Gasteiger partial charge in [-0.1, -0.05) is 11.6 Å². The Hall–Kier alpha value is -0.830. The van der Waals surface area contributed by atoms with E-state index < -0.39 is 0 Å². The van der Waals surface area contributed by atoms with E-state index in [9.17, 15) is 4.79 Å². The summed E-state index contributed by atoms with van der Waals surface area (Å²) in [6.07, 6.45) is 10.7. The maximum absolute atomic E-state index is 11.8. The summed E-state index contributed by atoms with van der Waals surface area (Å²) in [5, 5.41) is 12.0. The second-order valence-corrected chi connectivity index (χ2v) is 5.54. The average molecular weight is 237 g/mol. The van der Waals surface area contributed by atoms with E-state index in [-0.39, 0.29) is 17.9 Å². The highest BCUT2D eigenvalue weighted by Crippen LogP contribution is 2.47. The fraction of sp³-hybridized carbons (Fsp3) is 0.786. The Morgan fingerprint density at radius 2 is 2.24 bits per heavy atom. The summed E-state index contributed by atoms with van der Waals surface area (Å²) >= 11 is 0. The third-order valence-electron chi connectivity index (χ3n) is 4.03. The van der Waals surface area contributed by atoms with Crippen LogP contribution in [0.4, 0.5) is 0 Å². The number of carbonyl (C=O) groups is 1. The van der Waals surface area contributed by atoms with Gasteiger partial charge in [-0.2, -0.15) is 0 Å². The van der Waals surface area contributed by atoms with Gasteiger partial charge in [0.1, 0.15) is 0 Å². The minimum atomic E-state index is 0.155. The molecule has 96 valence electrons. The lowest BCUT2D eigenvalue weighted by Crippen LogP contribution is -2.30. The SMILES string of the molecule is O=C(CC1=CCCCC1)NCC1(CCO)CC1. The quantitative estimate of drug-likeness (QED) is 0.695. The van der Waals surface area contributed by atoms with Crippen LogP contribution in [0, 0.1) is 5.41 Å². The topological polar surface area (TPSA) is 49.3 Å².